The first-order valence-corrected chi connectivity index (χ1v) is 5.41. The van der Waals surface area contributed by atoms with Crippen molar-refractivity contribution in [3.8, 4) is 0 Å². The van der Waals surface area contributed by atoms with Crippen LogP contribution in [0, 0.1) is 6.92 Å². The molecule has 0 bridgehead atoms. The molecular formula is C11H20N4. The van der Waals surface area contributed by atoms with Crippen LogP contribution in [0.1, 0.15) is 37.7 Å². The largest absolute Gasteiger partial charge is 0.327 e. The van der Waals surface area contributed by atoms with Crippen molar-refractivity contribution in [1.82, 2.24) is 15.3 Å². The van der Waals surface area contributed by atoms with Gasteiger partial charge in [-0.15, -0.1) is 0 Å². The molecule has 0 saturated carbocycles. The van der Waals surface area contributed by atoms with Crippen LogP contribution in [0.2, 0.25) is 0 Å². The maximum atomic E-state index is 5.84. The minimum absolute atomic E-state index is 0.205. The summed E-state index contributed by atoms with van der Waals surface area (Å²) in [4.78, 5) is 8.53. The smallest absolute Gasteiger partial charge is 0.0782 e. The lowest BCUT2D eigenvalue weighted by atomic mass is 10.1. The summed E-state index contributed by atoms with van der Waals surface area (Å²) in [6.07, 6.45) is 4.42. The van der Waals surface area contributed by atoms with Gasteiger partial charge in [-0.05, 0) is 20.3 Å². The quantitative estimate of drug-likeness (QED) is 0.762. The molecule has 0 spiro atoms. The van der Waals surface area contributed by atoms with E-state index in [2.05, 4.69) is 29.1 Å². The molecule has 2 atom stereocenters. The highest BCUT2D eigenvalue weighted by Gasteiger charge is 2.10. The second kappa shape index (κ2) is 5.78. The van der Waals surface area contributed by atoms with Crippen molar-refractivity contribution >= 4 is 0 Å². The molecule has 1 aromatic heterocycles. The first kappa shape index (κ1) is 12.1. The van der Waals surface area contributed by atoms with Crippen LogP contribution < -0.4 is 11.1 Å². The monoisotopic (exact) mass is 208 g/mol. The average Bonchev–Trinajstić information content (AvgIpc) is 2.26. The first-order valence-electron chi connectivity index (χ1n) is 5.41. The van der Waals surface area contributed by atoms with Crippen LogP contribution in [0.4, 0.5) is 0 Å². The zero-order valence-electron chi connectivity index (χ0n) is 9.70. The lowest BCUT2D eigenvalue weighted by molar-refractivity contribution is 0.498. The molecular weight excluding hydrogens is 188 g/mol. The van der Waals surface area contributed by atoms with Gasteiger partial charge in [-0.25, -0.2) is 0 Å². The Morgan fingerprint density at radius 1 is 1.40 bits per heavy atom. The molecule has 2 unspecified atom stereocenters. The summed E-state index contributed by atoms with van der Waals surface area (Å²) in [5, 5.41) is 3.36. The second-order valence-electron chi connectivity index (χ2n) is 3.83. The highest BCUT2D eigenvalue weighted by molar-refractivity contribution is 5.12. The van der Waals surface area contributed by atoms with Gasteiger partial charge in [-0.3, -0.25) is 9.97 Å². The van der Waals surface area contributed by atoms with Gasteiger partial charge in [0.15, 0.2) is 0 Å². The molecule has 0 aliphatic carbocycles. The summed E-state index contributed by atoms with van der Waals surface area (Å²) in [6, 6.07) is 0.417. The SMILES string of the molecule is CCC(N)CNC(C)c1nccnc1C. The van der Waals surface area contributed by atoms with Crippen molar-refractivity contribution in [2.24, 2.45) is 5.73 Å². The van der Waals surface area contributed by atoms with E-state index < -0.39 is 0 Å². The lowest BCUT2D eigenvalue weighted by Crippen LogP contribution is -2.35. The number of nitrogens with one attached hydrogen (secondary N) is 1. The predicted molar refractivity (Wildman–Crippen MR) is 61.5 cm³/mol. The number of hydrogen-bond donors (Lipinski definition) is 2. The molecule has 15 heavy (non-hydrogen) atoms. The Labute approximate surface area is 91.3 Å². The molecule has 0 saturated heterocycles. The summed E-state index contributed by atoms with van der Waals surface area (Å²) in [7, 11) is 0. The van der Waals surface area contributed by atoms with E-state index in [4.69, 9.17) is 5.73 Å². The van der Waals surface area contributed by atoms with E-state index in [-0.39, 0.29) is 12.1 Å². The highest BCUT2D eigenvalue weighted by atomic mass is 15.0. The van der Waals surface area contributed by atoms with E-state index in [9.17, 15) is 0 Å². The molecule has 0 aliphatic heterocycles. The molecule has 0 aliphatic rings. The van der Waals surface area contributed by atoms with Gasteiger partial charge in [0.2, 0.25) is 0 Å². The third-order valence-corrected chi connectivity index (χ3v) is 2.54. The van der Waals surface area contributed by atoms with Gasteiger partial charge in [-0.1, -0.05) is 6.92 Å². The molecule has 1 aromatic rings. The topological polar surface area (TPSA) is 63.8 Å². The Kier molecular flexibility index (Phi) is 4.65. The number of rotatable bonds is 5. The fourth-order valence-electron chi connectivity index (χ4n) is 1.41. The number of aryl methyl sites for hydroxylation is 1. The Bertz CT molecular complexity index is 300. The molecule has 1 heterocycles. The van der Waals surface area contributed by atoms with Crippen LogP contribution in [0.5, 0.6) is 0 Å². The Morgan fingerprint density at radius 2 is 2.07 bits per heavy atom. The Hall–Kier alpha value is -1.00. The molecule has 4 heteroatoms. The minimum Gasteiger partial charge on any atom is -0.327 e. The van der Waals surface area contributed by atoms with Crippen LogP contribution in [0.25, 0.3) is 0 Å². The molecule has 4 nitrogen and oxygen atoms in total. The van der Waals surface area contributed by atoms with Crippen molar-refractivity contribution in [2.45, 2.75) is 39.3 Å². The van der Waals surface area contributed by atoms with Crippen molar-refractivity contribution in [3.05, 3.63) is 23.8 Å². The van der Waals surface area contributed by atoms with Crippen LogP contribution in [-0.4, -0.2) is 22.6 Å². The molecule has 0 radical (unpaired) electrons. The summed E-state index contributed by atoms with van der Waals surface area (Å²) in [5.74, 6) is 0. The van der Waals surface area contributed by atoms with E-state index in [0.717, 1.165) is 24.4 Å². The Balaban J connectivity index is 2.54. The fourth-order valence-corrected chi connectivity index (χ4v) is 1.41. The normalized spacial score (nSPS) is 14.9. The minimum atomic E-state index is 0.205. The highest BCUT2D eigenvalue weighted by Crippen LogP contribution is 2.11. The van der Waals surface area contributed by atoms with Crippen molar-refractivity contribution in [3.63, 3.8) is 0 Å². The molecule has 0 fully saturated rings. The van der Waals surface area contributed by atoms with Crippen molar-refractivity contribution < 1.29 is 0 Å². The lowest BCUT2D eigenvalue weighted by Gasteiger charge is -2.17. The molecule has 1 rings (SSSR count). The van der Waals surface area contributed by atoms with Gasteiger partial charge in [0, 0.05) is 31.0 Å². The van der Waals surface area contributed by atoms with E-state index in [0.29, 0.717) is 0 Å². The predicted octanol–water partition coefficient (Wildman–Crippen LogP) is 1.17. The molecule has 3 N–H and O–H groups in total. The van der Waals surface area contributed by atoms with E-state index >= 15 is 0 Å². The van der Waals surface area contributed by atoms with Gasteiger partial charge in [-0.2, -0.15) is 0 Å². The number of aromatic nitrogens is 2. The number of hydrogen-bond acceptors (Lipinski definition) is 4. The maximum Gasteiger partial charge on any atom is 0.0782 e. The van der Waals surface area contributed by atoms with E-state index in [1.165, 1.54) is 0 Å². The number of nitrogens with zero attached hydrogens (tertiary/aromatic N) is 2. The third-order valence-electron chi connectivity index (χ3n) is 2.54. The third kappa shape index (κ3) is 3.57. The standard InChI is InChI=1S/C11H20N4/c1-4-10(12)7-15-9(3)11-8(2)13-5-6-14-11/h5-6,9-10,15H,4,7,12H2,1-3H3. The molecule has 0 aromatic carbocycles. The van der Waals surface area contributed by atoms with Crippen molar-refractivity contribution in [2.75, 3.05) is 6.54 Å². The van der Waals surface area contributed by atoms with Crippen LogP contribution in [-0.2, 0) is 0 Å². The van der Waals surface area contributed by atoms with E-state index in [1.807, 2.05) is 6.92 Å². The second-order valence-corrected chi connectivity index (χ2v) is 3.83. The van der Waals surface area contributed by atoms with Crippen LogP contribution in [0.15, 0.2) is 12.4 Å². The van der Waals surface area contributed by atoms with Crippen LogP contribution in [0.3, 0.4) is 0 Å². The zero-order chi connectivity index (χ0) is 11.3. The first-order chi connectivity index (χ1) is 7.15. The van der Waals surface area contributed by atoms with Gasteiger partial charge >= 0.3 is 0 Å². The fraction of sp³-hybridized carbons (Fsp3) is 0.636. The zero-order valence-corrected chi connectivity index (χ0v) is 9.70. The van der Waals surface area contributed by atoms with Gasteiger partial charge in [0.25, 0.3) is 0 Å². The molecule has 0 amide bonds. The summed E-state index contributed by atoms with van der Waals surface area (Å²) in [5.41, 5.74) is 7.81. The average molecular weight is 208 g/mol. The Morgan fingerprint density at radius 3 is 2.67 bits per heavy atom. The van der Waals surface area contributed by atoms with Crippen molar-refractivity contribution in [1.29, 1.82) is 0 Å². The molecule has 84 valence electrons. The van der Waals surface area contributed by atoms with Gasteiger partial charge < -0.3 is 11.1 Å². The van der Waals surface area contributed by atoms with Crippen LogP contribution >= 0.6 is 0 Å². The van der Waals surface area contributed by atoms with Gasteiger partial charge in [0.1, 0.15) is 0 Å². The van der Waals surface area contributed by atoms with E-state index in [1.54, 1.807) is 12.4 Å². The maximum absolute atomic E-state index is 5.84. The number of nitrogens with two attached hydrogens (primary N) is 1. The summed E-state index contributed by atoms with van der Waals surface area (Å²) in [6.45, 7) is 6.96. The summed E-state index contributed by atoms with van der Waals surface area (Å²) >= 11 is 0. The van der Waals surface area contributed by atoms with Gasteiger partial charge in [0.05, 0.1) is 11.4 Å². The summed E-state index contributed by atoms with van der Waals surface area (Å²) < 4.78 is 0.